The molecule has 114 valence electrons. The highest BCUT2D eigenvalue weighted by Crippen LogP contribution is 2.42. The van der Waals surface area contributed by atoms with Gasteiger partial charge in [-0.05, 0) is 24.3 Å². The molecule has 1 N–H and O–H groups in total. The lowest BCUT2D eigenvalue weighted by Crippen LogP contribution is -1.96. The zero-order valence-corrected chi connectivity index (χ0v) is 12.7. The lowest BCUT2D eigenvalue weighted by molar-refractivity contribution is 0.321. The van der Waals surface area contributed by atoms with Crippen LogP contribution in [0.5, 0.6) is 28.7 Å². The number of ether oxygens (including phenoxy) is 4. The maximum absolute atomic E-state index is 5.91. The van der Waals surface area contributed by atoms with E-state index in [0.717, 1.165) is 16.7 Å². The van der Waals surface area contributed by atoms with E-state index in [1.807, 2.05) is 30.5 Å². The Balaban J connectivity index is 1.97. The molecule has 0 aliphatic carbocycles. The van der Waals surface area contributed by atoms with Crippen LogP contribution in [0.3, 0.4) is 0 Å². The fraction of sp³-hybridized carbons (Fsp3) is 0.176. The molecule has 5 nitrogen and oxygen atoms in total. The number of rotatable bonds is 5. The molecule has 0 unspecified atom stereocenters. The Morgan fingerprint density at radius 2 is 1.50 bits per heavy atom. The molecular formula is C17H17NO4. The molecule has 0 saturated carbocycles. The number of methoxy groups -OCH3 is 3. The van der Waals surface area contributed by atoms with Crippen molar-refractivity contribution in [2.75, 3.05) is 21.3 Å². The zero-order valence-electron chi connectivity index (χ0n) is 12.7. The molecule has 0 saturated heterocycles. The monoisotopic (exact) mass is 299 g/mol. The van der Waals surface area contributed by atoms with Crippen molar-refractivity contribution in [3.63, 3.8) is 0 Å². The highest BCUT2D eigenvalue weighted by Gasteiger charge is 2.14. The van der Waals surface area contributed by atoms with Gasteiger partial charge in [0.25, 0.3) is 0 Å². The number of aromatic amines is 1. The molecule has 3 rings (SSSR count). The standard InChI is InChI=1S/C17H17NO4/c1-19-15-9-13(10-16(20-2)17(15)21-3)22-12-4-5-14-11(8-12)6-7-18-14/h4-10,18H,1-3H3. The van der Waals surface area contributed by atoms with E-state index in [4.69, 9.17) is 18.9 Å². The summed E-state index contributed by atoms with van der Waals surface area (Å²) in [5.74, 6) is 3.00. The van der Waals surface area contributed by atoms with Crippen molar-refractivity contribution in [1.29, 1.82) is 0 Å². The summed E-state index contributed by atoms with van der Waals surface area (Å²) in [6, 6.07) is 11.4. The normalized spacial score (nSPS) is 10.5. The highest BCUT2D eigenvalue weighted by molar-refractivity contribution is 5.80. The van der Waals surface area contributed by atoms with Crippen LogP contribution >= 0.6 is 0 Å². The van der Waals surface area contributed by atoms with Gasteiger partial charge in [-0.3, -0.25) is 0 Å². The summed E-state index contributed by atoms with van der Waals surface area (Å²) in [6.07, 6.45) is 1.90. The first-order chi connectivity index (χ1) is 10.7. The van der Waals surface area contributed by atoms with Crippen LogP contribution in [0.15, 0.2) is 42.6 Å². The predicted molar refractivity (Wildman–Crippen MR) is 84.5 cm³/mol. The minimum Gasteiger partial charge on any atom is -0.493 e. The Kier molecular flexibility index (Phi) is 3.78. The van der Waals surface area contributed by atoms with E-state index < -0.39 is 0 Å². The maximum Gasteiger partial charge on any atom is 0.203 e. The summed E-state index contributed by atoms with van der Waals surface area (Å²) in [5.41, 5.74) is 1.07. The van der Waals surface area contributed by atoms with Crippen LogP contribution in [0.4, 0.5) is 0 Å². The van der Waals surface area contributed by atoms with E-state index in [0.29, 0.717) is 23.0 Å². The number of hydrogen-bond acceptors (Lipinski definition) is 4. The molecule has 0 bridgehead atoms. The first-order valence-corrected chi connectivity index (χ1v) is 6.80. The molecule has 1 aromatic heterocycles. The van der Waals surface area contributed by atoms with Gasteiger partial charge in [-0.15, -0.1) is 0 Å². The van der Waals surface area contributed by atoms with Gasteiger partial charge in [0.05, 0.1) is 21.3 Å². The summed E-state index contributed by atoms with van der Waals surface area (Å²) in [4.78, 5) is 3.15. The van der Waals surface area contributed by atoms with Crippen molar-refractivity contribution in [3.8, 4) is 28.7 Å². The molecule has 0 atom stereocenters. The molecule has 5 heteroatoms. The van der Waals surface area contributed by atoms with Gasteiger partial charge in [0.2, 0.25) is 5.75 Å². The van der Waals surface area contributed by atoms with Crippen LogP contribution in [0.25, 0.3) is 10.9 Å². The van der Waals surface area contributed by atoms with Gasteiger partial charge in [0.1, 0.15) is 11.5 Å². The van der Waals surface area contributed by atoms with Crippen molar-refractivity contribution >= 4 is 10.9 Å². The summed E-state index contributed by atoms with van der Waals surface area (Å²) < 4.78 is 21.9. The van der Waals surface area contributed by atoms with Crippen molar-refractivity contribution < 1.29 is 18.9 Å². The van der Waals surface area contributed by atoms with E-state index in [9.17, 15) is 0 Å². The van der Waals surface area contributed by atoms with E-state index in [1.54, 1.807) is 33.5 Å². The summed E-state index contributed by atoms with van der Waals surface area (Å²) in [6.45, 7) is 0. The van der Waals surface area contributed by atoms with Gasteiger partial charge in [-0.2, -0.15) is 0 Å². The number of nitrogens with one attached hydrogen (secondary N) is 1. The van der Waals surface area contributed by atoms with Crippen LogP contribution in [0.2, 0.25) is 0 Å². The molecule has 0 aliphatic heterocycles. The lowest BCUT2D eigenvalue weighted by atomic mass is 10.2. The summed E-state index contributed by atoms with van der Waals surface area (Å²) in [7, 11) is 4.72. The number of aromatic nitrogens is 1. The first kappa shape index (κ1) is 14.1. The van der Waals surface area contributed by atoms with Gasteiger partial charge in [-0.1, -0.05) is 0 Å². The maximum atomic E-state index is 5.91. The van der Waals surface area contributed by atoms with Gasteiger partial charge in [-0.25, -0.2) is 0 Å². The van der Waals surface area contributed by atoms with Gasteiger partial charge >= 0.3 is 0 Å². The second kappa shape index (κ2) is 5.89. The molecule has 0 radical (unpaired) electrons. The molecule has 0 aliphatic rings. The van der Waals surface area contributed by atoms with Crippen molar-refractivity contribution in [2.45, 2.75) is 0 Å². The second-order valence-electron chi connectivity index (χ2n) is 4.69. The third kappa shape index (κ3) is 2.53. The average molecular weight is 299 g/mol. The second-order valence-corrected chi connectivity index (χ2v) is 4.69. The molecule has 2 aromatic carbocycles. The minimum absolute atomic E-state index is 0.540. The zero-order chi connectivity index (χ0) is 15.5. The fourth-order valence-electron chi connectivity index (χ4n) is 2.35. The first-order valence-electron chi connectivity index (χ1n) is 6.80. The van der Waals surface area contributed by atoms with Gasteiger partial charge in [0, 0.05) is 29.2 Å². The number of benzene rings is 2. The Labute approximate surface area is 128 Å². The van der Waals surface area contributed by atoms with Crippen LogP contribution in [0.1, 0.15) is 0 Å². The van der Waals surface area contributed by atoms with Crippen LogP contribution in [-0.4, -0.2) is 26.3 Å². The molecule has 0 fully saturated rings. The van der Waals surface area contributed by atoms with Gasteiger partial charge in [0.15, 0.2) is 11.5 Å². The SMILES string of the molecule is COc1cc(Oc2ccc3[nH]ccc3c2)cc(OC)c1OC. The number of H-pyrrole nitrogens is 1. The largest absolute Gasteiger partial charge is 0.493 e. The quantitative estimate of drug-likeness (QED) is 0.774. The molecular weight excluding hydrogens is 282 g/mol. The summed E-state index contributed by atoms with van der Waals surface area (Å²) in [5, 5.41) is 1.09. The van der Waals surface area contributed by atoms with Crippen molar-refractivity contribution in [3.05, 3.63) is 42.6 Å². The fourth-order valence-corrected chi connectivity index (χ4v) is 2.35. The minimum atomic E-state index is 0.540. The topological polar surface area (TPSA) is 52.7 Å². The number of fused-ring (bicyclic) bond motifs is 1. The van der Waals surface area contributed by atoms with E-state index in [1.165, 1.54) is 0 Å². The molecule has 22 heavy (non-hydrogen) atoms. The van der Waals surface area contributed by atoms with E-state index in [2.05, 4.69) is 4.98 Å². The van der Waals surface area contributed by atoms with Crippen molar-refractivity contribution in [2.24, 2.45) is 0 Å². The third-order valence-electron chi connectivity index (χ3n) is 3.40. The highest BCUT2D eigenvalue weighted by atomic mass is 16.5. The van der Waals surface area contributed by atoms with Crippen molar-refractivity contribution in [1.82, 2.24) is 4.98 Å². The Morgan fingerprint density at radius 1 is 0.773 bits per heavy atom. The molecule has 0 amide bonds. The lowest BCUT2D eigenvalue weighted by Gasteiger charge is -2.14. The Morgan fingerprint density at radius 3 is 2.14 bits per heavy atom. The molecule has 0 spiro atoms. The average Bonchev–Trinajstić information content (AvgIpc) is 3.01. The molecule has 1 heterocycles. The summed E-state index contributed by atoms with van der Waals surface area (Å²) >= 11 is 0. The Bertz CT molecular complexity index is 769. The molecule has 3 aromatic rings. The van der Waals surface area contributed by atoms with Gasteiger partial charge < -0.3 is 23.9 Å². The van der Waals surface area contributed by atoms with Crippen LogP contribution in [0, 0.1) is 0 Å². The third-order valence-corrected chi connectivity index (χ3v) is 3.40. The number of hydrogen-bond donors (Lipinski definition) is 1. The van der Waals surface area contributed by atoms with Crippen LogP contribution < -0.4 is 18.9 Å². The van der Waals surface area contributed by atoms with E-state index in [-0.39, 0.29) is 0 Å². The van der Waals surface area contributed by atoms with Crippen LogP contribution in [-0.2, 0) is 0 Å². The van der Waals surface area contributed by atoms with E-state index >= 15 is 0 Å². The predicted octanol–water partition coefficient (Wildman–Crippen LogP) is 3.99. The Hall–Kier alpha value is -2.82. The smallest absolute Gasteiger partial charge is 0.203 e.